The first-order valence-corrected chi connectivity index (χ1v) is 18.5. The average Bonchev–Trinajstić information content (AvgIpc) is 3.00. The molecule has 0 heterocycles. The van der Waals surface area contributed by atoms with Crippen LogP contribution in [0, 0.1) is 0 Å². The van der Waals surface area contributed by atoms with Crippen molar-refractivity contribution in [3.05, 3.63) is 53.6 Å². The van der Waals surface area contributed by atoms with E-state index >= 15 is 0 Å². The van der Waals surface area contributed by atoms with Gasteiger partial charge in [0.05, 0.1) is 29.2 Å². The third kappa shape index (κ3) is 21.9. The molecule has 0 radical (unpaired) electrons. The second-order valence-corrected chi connectivity index (χ2v) is 12.8. The first-order chi connectivity index (χ1) is 21.3. The van der Waals surface area contributed by atoms with Gasteiger partial charge < -0.3 is 14.0 Å². The molecule has 1 aromatic rings. The first kappa shape index (κ1) is 43.5. The Kier molecular flexibility index (Phi) is 27.8. The van der Waals surface area contributed by atoms with E-state index in [0.717, 1.165) is 83.1 Å². The van der Waals surface area contributed by atoms with E-state index < -0.39 is 32.5 Å². The van der Waals surface area contributed by atoms with Crippen LogP contribution < -0.4 is 29.6 Å². The van der Waals surface area contributed by atoms with Crippen molar-refractivity contribution in [2.24, 2.45) is 0 Å². The summed E-state index contributed by atoms with van der Waals surface area (Å²) in [5, 5.41) is 0. The molecule has 1 rings (SSSR count). The number of hydrogen-bond acceptors (Lipinski definition) is 7. The molecule has 0 aliphatic rings. The van der Waals surface area contributed by atoms with E-state index in [-0.39, 0.29) is 48.3 Å². The summed E-state index contributed by atoms with van der Waals surface area (Å²) in [6.07, 6.45) is 30.5. The molecule has 0 aromatic heterocycles. The zero-order chi connectivity index (χ0) is 32.3. The molecule has 0 amide bonds. The normalized spacial score (nSPS) is 11.6. The molecule has 0 saturated heterocycles. The van der Waals surface area contributed by atoms with Crippen molar-refractivity contribution in [2.75, 3.05) is 13.2 Å². The van der Waals surface area contributed by atoms with E-state index in [1.54, 1.807) is 0 Å². The maximum absolute atomic E-state index is 12.9. The minimum atomic E-state index is -5.01. The number of esters is 2. The maximum atomic E-state index is 12.9. The minimum absolute atomic E-state index is 0. The summed E-state index contributed by atoms with van der Waals surface area (Å²) < 4.78 is 46.3. The molecule has 9 heteroatoms. The first-order valence-electron chi connectivity index (χ1n) is 17.1. The van der Waals surface area contributed by atoms with Crippen LogP contribution in [0.4, 0.5) is 0 Å². The summed E-state index contributed by atoms with van der Waals surface area (Å²) in [5.74, 6) is -1.84. The molecular formula is C36H57NaO7S. The topological polar surface area (TPSA) is 110 Å². The monoisotopic (exact) mass is 656 g/mol. The fourth-order valence-corrected chi connectivity index (χ4v) is 5.57. The number of carbonyl (C=O) groups is 2. The van der Waals surface area contributed by atoms with Crippen molar-refractivity contribution in [3.8, 4) is 0 Å². The van der Waals surface area contributed by atoms with Gasteiger partial charge in [-0.3, -0.25) is 0 Å². The van der Waals surface area contributed by atoms with E-state index in [4.69, 9.17) is 9.47 Å². The van der Waals surface area contributed by atoms with Crippen LogP contribution in [0.5, 0.6) is 0 Å². The third-order valence-corrected chi connectivity index (χ3v) is 8.38. The molecule has 0 saturated carbocycles. The summed E-state index contributed by atoms with van der Waals surface area (Å²) in [4.78, 5) is 24.9. The summed E-state index contributed by atoms with van der Waals surface area (Å²) in [5.41, 5.74) is -0.804. The van der Waals surface area contributed by atoms with Gasteiger partial charge in [-0.25, -0.2) is 18.0 Å². The van der Waals surface area contributed by atoms with E-state index in [0.29, 0.717) is 12.8 Å². The van der Waals surface area contributed by atoms with E-state index in [9.17, 15) is 22.6 Å². The molecule has 0 aliphatic heterocycles. The van der Waals surface area contributed by atoms with Crippen molar-refractivity contribution in [2.45, 2.75) is 147 Å². The van der Waals surface area contributed by atoms with E-state index in [1.807, 2.05) is 0 Å². The zero-order valence-corrected chi connectivity index (χ0v) is 31.2. The third-order valence-electron chi connectivity index (χ3n) is 7.50. The van der Waals surface area contributed by atoms with E-state index in [1.165, 1.54) is 50.7 Å². The van der Waals surface area contributed by atoms with Gasteiger partial charge in [0, 0.05) is 0 Å². The Morgan fingerprint density at radius 3 is 1.47 bits per heavy atom. The molecule has 0 unspecified atom stereocenters. The Morgan fingerprint density at radius 2 is 1.02 bits per heavy atom. The molecule has 45 heavy (non-hydrogen) atoms. The number of rotatable bonds is 27. The van der Waals surface area contributed by atoms with Gasteiger partial charge >= 0.3 is 41.5 Å². The predicted octanol–water partition coefficient (Wildman–Crippen LogP) is 6.86. The van der Waals surface area contributed by atoms with Gasteiger partial charge in [-0.05, 0) is 76.3 Å². The van der Waals surface area contributed by atoms with Gasteiger partial charge in [0.1, 0.15) is 10.1 Å². The summed E-state index contributed by atoms with van der Waals surface area (Å²) in [7, 11) is -5.01. The Bertz CT molecular complexity index is 1080. The second kappa shape index (κ2) is 28.7. The Balaban J connectivity index is 0.0000194. The van der Waals surface area contributed by atoms with Crippen LogP contribution in [0.3, 0.4) is 0 Å². The molecular weight excluding hydrogens is 599 g/mol. The molecule has 0 bridgehead atoms. The SMILES string of the molecule is CCCCC/C=C/CCCCCCCOC(=O)c1cccc(S(=O)(=O)[O-])c1C(=O)OCCCCCCC/C=C/CCCCC.[Na+]. The number of carbonyl (C=O) groups excluding carboxylic acids is 2. The van der Waals surface area contributed by atoms with Gasteiger partial charge in [0.25, 0.3) is 0 Å². The quantitative estimate of drug-likeness (QED) is 0.0335. The van der Waals surface area contributed by atoms with Gasteiger partial charge in [0.15, 0.2) is 0 Å². The van der Waals surface area contributed by atoms with Crippen molar-refractivity contribution < 1.29 is 61.6 Å². The summed E-state index contributed by atoms with van der Waals surface area (Å²) >= 11 is 0. The summed E-state index contributed by atoms with van der Waals surface area (Å²) in [6.45, 7) is 4.63. The molecule has 250 valence electrons. The van der Waals surface area contributed by atoms with Crippen LogP contribution in [0.1, 0.15) is 163 Å². The van der Waals surface area contributed by atoms with E-state index in [2.05, 4.69) is 38.2 Å². The van der Waals surface area contributed by atoms with Gasteiger partial charge in [-0.1, -0.05) is 108 Å². The number of hydrogen-bond donors (Lipinski definition) is 0. The minimum Gasteiger partial charge on any atom is -0.744 e. The second-order valence-electron chi connectivity index (χ2n) is 11.5. The Morgan fingerprint density at radius 1 is 0.622 bits per heavy atom. The largest absolute Gasteiger partial charge is 1.00 e. The molecule has 0 N–H and O–H groups in total. The fourth-order valence-electron chi connectivity index (χ4n) is 4.88. The number of unbranched alkanes of at least 4 members (excludes halogenated alkanes) is 16. The summed E-state index contributed by atoms with van der Waals surface area (Å²) in [6, 6.07) is 3.58. The van der Waals surface area contributed by atoms with Crippen LogP contribution in [0.25, 0.3) is 0 Å². The van der Waals surface area contributed by atoms with Crippen LogP contribution in [0.15, 0.2) is 47.4 Å². The molecule has 1 aromatic carbocycles. The molecule has 0 spiro atoms. The molecule has 0 atom stereocenters. The van der Waals surface area contributed by atoms with Crippen molar-refractivity contribution in [1.82, 2.24) is 0 Å². The van der Waals surface area contributed by atoms with Crippen molar-refractivity contribution >= 4 is 22.1 Å². The predicted molar refractivity (Wildman–Crippen MR) is 177 cm³/mol. The number of ether oxygens (including phenoxy) is 2. The van der Waals surface area contributed by atoms with Crippen LogP contribution in [-0.2, 0) is 19.6 Å². The van der Waals surface area contributed by atoms with Crippen molar-refractivity contribution in [1.29, 1.82) is 0 Å². The molecule has 7 nitrogen and oxygen atoms in total. The van der Waals surface area contributed by atoms with Crippen LogP contribution in [0.2, 0.25) is 0 Å². The smallest absolute Gasteiger partial charge is 0.744 e. The van der Waals surface area contributed by atoms with Gasteiger partial charge in [-0.2, -0.15) is 0 Å². The van der Waals surface area contributed by atoms with Crippen LogP contribution in [-0.4, -0.2) is 38.1 Å². The standard InChI is InChI=1S/C36H58O7S.Na/c1-3-5-7-9-11-13-15-17-19-21-23-25-30-42-35(37)32-28-27-29-33(44(39,40)41)34(32)36(38)43-31-26-24-22-20-18-16-14-12-10-8-6-4-2;/h11-14,27-29H,3-10,15-26,30-31H2,1-2H3,(H,39,40,41);/q;+1/p-1/b13-11+,14-12+;. The average molecular weight is 657 g/mol. The van der Waals surface area contributed by atoms with Crippen LogP contribution >= 0.6 is 0 Å². The van der Waals surface area contributed by atoms with Crippen molar-refractivity contribution in [3.63, 3.8) is 0 Å². The fraction of sp³-hybridized carbons (Fsp3) is 0.667. The zero-order valence-electron chi connectivity index (χ0n) is 28.4. The Hall–Kier alpha value is -1.45. The molecule has 0 fully saturated rings. The Labute approximate surface area is 296 Å². The molecule has 0 aliphatic carbocycles. The van der Waals surface area contributed by atoms with Gasteiger partial charge in [0.2, 0.25) is 0 Å². The maximum Gasteiger partial charge on any atom is 1.00 e. The number of benzene rings is 1. The van der Waals surface area contributed by atoms with Gasteiger partial charge in [-0.15, -0.1) is 0 Å². The number of allylic oxidation sites excluding steroid dienone is 4.